The topological polar surface area (TPSA) is 114 Å². The Morgan fingerprint density at radius 1 is 1.47 bits per heavy atom. The van der Waals surface area contributed by atoms with E-state index >= 15 is 0 Å². The average molecular weight is 283 g/mol. The summed E-state index contributed by atoms with van der Waals surface area (Å²) in [4.78, 5) is 38.1. The van der Waals surface area contributed by atoms with Gasteiger partial charge in [0.2, 0.25) is 11.8 Å². The minimum Gasteiger partial charge on any atom is -0.384 e. The molecule has 1 saturated heterocycles. The van der Waals surface area contributed by atoms with Crippen LogP contribution in [0.25, 0.3) is 0 Å². The highest BCUT2D eigenvalue weighted by atomic mass is 35.5. The third-order valence-electron chi connectivity index (χ3n) is 2.62. The number of nitrogens with zero attached hydrogens (tertiary/aromatic N) is 1. The molecule has 1 aromatic rings. The lowest BCUT2D eigenvalue weighted by Crippen LogP contribution is -2.52. The van der Waals surface area contributed by atoms with E-state index in [1.165, 1.54) is 12.1 Å². The first-order valence-electron chi connectivity index (χ1n) is 5.53. The van der Waals surface area contributed by atoms with Gasteiger partial charge in [0.25, 0.3) is 5.91 Å². The van der Waals surface area contributed by atoms with Crippen LogP contribution in [-0.4, -0.2) is 28.7 Å². The van der Waals surface area contributed by atoms with Crippen LogP contribution in [0.4, 0.5) is 5.82 Å². The first-order chi connectivity index (χ1) is 8.95. The highest BCUT2D eigenvalue weighted by Gasteiger charge is 2.28. The summed E-state index contributed by atoms with van der Waals surface area (Å²) in [5, 5.41) is 4.76. The summed E-state index contributed by atoms with van der Waals surface area (Å²) in [5.74, 6) is -1.24. The molecule has 0 radical (unpaired) electrons. The normalized spacial score (nSPS) is 18.9. The van der Waals surface area contributed by atoms with E-state index in [0.717, 1.165) is 0 Å². The Bertz CT molecular complexity index is 541. The van der Waals surface area contributed by atoms with Crippen LogP contribution in [0.2, 0.25) is 5.15 Å². The van der Waals surface area contributed by atoms with Crippen molar-refractivity contribution in [2.24, 2.45) is 0 Å². The first-order valence-corrected chi connectivity index (χ1v) is 5.91. The van der Waals surface area contributed by atoms with Crippen molar-refractivity contribution in [1.29, 1.82) is 0 Å². The monoisotopic (exact) mass is 282 g/mol. The highest BCUT2D eigenvalue weighted by molar-refractivity contribution is 6.29. The van der Waals surface area contributed by atoms with Gasteiger partial charge in [0, 0.05) is 12.0 Å². The van der Waals surface area contributed by atoms with Gasteiger partial charge in [-0.1, -0.05) is 11.6 Å². The van der Waals surface area contributed by atoms with Crippen molar-refractivity contribution in [2.75, 3.05) is 5.73 Å². The number of aromatic nitrogens is 1. The van der Waals surface area contributed by atoms with E-state index in [2.05, 4.69) is 15.6 Å². The van der Waals surface area contributed by atoms with Crippen LogP contribution in [0, 0.1) is 0 Å². The molecule has 0 bridgehead atoms. The van der Waals surface area contributed by atoms with Crippen LogP contribution in [0.3, 0.4) is 0 Å². The number of hydrogen-bond donors (Lipinski definition) is 3. The fourth-order valence-electron chi connectivity index (χ4n) is 1.72. The number of hydrogen-bond acceptors (Lipinski definition) is 5. The molecule has 2 heterocycles. The number of nitrogens with one attached hydrogen (secondary N) is 2. The Labute approximate surface area is 113 Å². The zero-order chi connectivity index (χ0) is 14.0. The lowest BCUT2D eigenvalue weighted by molar-refractivity contribution is -0.134. The molecule has 0 spiro atoms. The third-order valence-corrected chi connectivity index (χ3v) is 2.81. The minimum atomic E-state index is -0.738. The summed E-state index contributed by atoms with van der Waals surface area (Å²) in [7, 11) is 0. The zero-order valence-electron chi connectivity index (χ0n) is 9.77. The maximum Gasteiger partial charge on any atom is 0.252 e. The van der Waals surface area contributed by atoms with Crippen LogP contribution in [0.5, 0.6) is 0 Å². The summed E-state index contributed by atoms with van der Waals surface area (Å²) < 4.78 is 0. The van der Waals surface area contributed by atoms with Gasteiger partial charge in [-0.05, 0) is 18.6 Å². The summed E-state index contributed by atoms with van der Waals surface area (Å²) >= 11 is 5.69. The molecule has 2 rings (SSSR count). The van der Waals surface area contributed by atoms with Crippen molar-refractivity contribution < 1.29 is 14.4 Å². The van der Waals surface area contributed by atoms with E-state index in [9.17, 15) is 14.4 Å². The van der Waals surface area contributed by atoms with Crippen molar-refractivity contribution in [3.63, 3.8) is 0 Å². The largest absolute Gasteiger partial charge is 0.384 e. The number of carbonyl (C=O) groups is 3. The van der Waals surface area contributed by atoms with Crippen LogP contribution in [0.15, 0.2) is 12.1 Å². The average Bonchev–Trinajstić information content (AvgIpc) is 2.31. The molecule has 8 heteroatoms. The van der Waals surface area contributed by atoms with Crippen molar-refractivity contribution in [1.82, 2.24) is 15.6 Å². The van der Waals surface area contributed by atoms with E-state index in [4.69, 9.17) is 17.3 Å². The van der Waals surface area contributed by atoms with Crippen molar-refractivity contribution in [3.8, 4) is 0 Å². The molecule has 7 nitrogen and oxygen atoms in total. The Morgan fingerprint density at radius 3 is 2.84 bits per heavy atom. The lowest BCUT2D eigenvalue weighted by atomic mass is 10.1. The summed E-state index contributed by atoms with van der Waals surface area (Å²) in [6.07, 6.45) is 0.459. The molecule has 0 saturated carbocycles. The Kier molecular flexibility index (Phi) is 3.66. The second kappa shape index (κ2) is 5.23. The third kappa shape index (κ3) is 3.19. The second-order valence-electron chi connectivity index (χ2n) is 4.08. The van der Waals surface area contributed by atoms with Crippen molar-refractivity contribution >= 4 is 35.1 Å². The Morgan fingerprint density at radius 2 is 2.21 bits per heavy atom. The fourth-order valence-corrected chi connectivity index (χ4v) is 1.94. The van der Waals surface area contributed by atoms with Gasteiger partial charge in [-0.3, -0.25) is 19.7 Å². The number of amides is 3. The van der Waals surface area contributed by atoms with E-state index < -0.39 is 17.9 Å². The smallest absolute Gasteiger partial charge is 0.252 e. The number of rotatable bonds is 2. The summed E-state index contributed by atoms with van der Waals surface area (Å²) in [6.45, 7) is 0. The molecule has 1 aromatic heterocycles. The minimum absolute atomic E-state index is 0.0911. The summed E-state index contributed by atoms with van der Waals surface area (Å²) in [5.41, 5.74) is 5.69. The first kappa shape index (κ1) is 13.3. The number of piperidine rings is 1. The molecule has 1 atom stereocenters. The van der Waals surface area contributed by atoms with Gasteiger partial charge in [0.15, 0.2) is 0 Å². The predicted octanol–water partition coefficient (Wildman–Crippen LogP) is -0.148. The molecule has 1 fully saturated rings. The maximum absolute atomic E-state index is 11.9. The molecular formula is C11H11ClN4O3. The number of nitrogen functional groups attached to an aromatic ring is 1. The highest BCUT2D eigenvalue weighted by Crippen LogP contribution is 2.13. The molecule has 1 unspecified atom stereocenters. The molecule has 0 aliphatic carbocycles. The van der Waals surface area contributed by atoms with Crippen LogP contribution < -0.4 is 16.4 Å². The van der Waals surface area contributed by atoms with E-state index in [-0.39, 0.29) is 35.3 Å². The molecule has 19 heavy (non-hydrogen) atoms. The van der Waals surface area contributed by atoms with Crippen molar-refractivity contribution in [3.05, 3.63) is 22.8 Å². The van der Waals surface area contributed by atoms with Crippen LogP contribution in [-0.2, 0) is 9.59 Å². The number of anilines is 1. The maximum atomic E-state index is 11.9. The Hall–Kier alpha value is -2.15. The molecular weight excluding hydrogens is 272 g/mol. The molecule has 4 N–H and O–H groups in total. The number of carbonyl (C=O) groups excluding carboxylic acids is 3. The van der Waals surface area contributed by atoms with Gasteiger partial charge in [0.05, 0.1) is 0 Å². The fraction of sp³-hybridized carbons (Fsp3) is 0.273. The second-order valence-corrected chi connectivity index (χ2v) is 4.47. The van der Waals surface area contributed by atoms with Gasteiger partial charge in [-0.25, -0.2) is 4.98 Å². The van der Waals surface area contributed by atoms with Crippen molar-refractivity contribution in [2.45, 2.75) is 18.9 Å². The van der Waals surface area contributed by atoms with Gasteiger partial charge in [-0.15, -0.1) is 0 Å². The van der Waals surface area contributed by atoms with E-state index in [0.29, 0.717) is 0 Å². The standard InChI is InChI=1S/C11H11ClN4O3/c12-7-3-5(4-8(13)15-7)10(18)14-6-1-2-9(17)16-11(6)19/h3-4,6H,1-2H2,(H2,13,15)(H,14,18)(H,16,17,19). The van der Waals surface area contributed by atoms with Gasteiger partial charge >= 0.3 is 0 Å². The lowest BCUT2D eigenvalue weighted by Gasteiger charge is -2.21. The van der Waals surface area contributed by atoms with Gasteiger partial charge in [0.1, 0.15) is 17.0 Å². The Balaban J connectivity index is 2.08. The number of halogens is 1. The quantitative estimate of drug-likeness (QED) is 0.516. The van der Waals surface area contributed by atoms with E-state index in [1.54, 1.807) is 0 Å². The number of imide groups is 1. The van der Waals surface area contributed by atoms with E-state index in [1.807, 2.05) is 0 Å². The molecule has 100 valence electrons. The number of pyridine rings is 1. The zero-order valence-corrected chi connectivity index (χ0v) is 10.5. The van der Waals surface area contributed by atoms with Crippen LogP contribution >= 0.6 is 11.6 Å². The van der Waals surface area contributed by atoms with Gasteiger partial charge in [-0.2, -0.15) is 0 Å². The SMILES string of the molecule is Nc1cc(C(=O)NC2CCC(=O)NC2=O)cc(Cl)n1. The molecule has 3 amide bonds. The molecule has 0 aromatic carbocycles. The van der Waals surface area contributed by atoms with Crippen LogP contribution in [0.1, 0.15) is 23.2 Å². The summed E-state index contributed by atoms with van der Waals surface area (Å²) in [6, 6.07) is 1.96. The molecule has 1 aliphatic rings. The molecule has 1 aliphatic heterocycles. The van der Waals surface area contributed by atoms with Gasteiger partial charge < -0.3 is 11.1 Å². The predicted molar refractivity (Wildman–Crippen MR) is 67.3 cm³/mol. The number of nitrogens with two attached hydrogens (primary N) is 1.